The van der Waals surface area contributed by atoms with Crippen LogP contribution in [0, 0.1) is 5.41 Å². The maximum Gasteiger partial charge on any atom is 0.225 e. The van der Waals surface area contributed by atoms with Gasteiger partial charge in [0.05, 0.1) is 0 Å². The van der Waals surface area contributed by atoms with Crippen LogP contribution in [0.2, 0.25) is 0 Å². The van der Waals surface area contributed by atoms with Crippen molar-refractivity contribution in [1.82, 2.24) is 5.32 Å². The van der Waals surface area contributed by atoms with E-state index in [1.165, 1.54) is 4.90 Å². The largest absolute Gasteiger partial charge is 0.352 e. The highest BCUT2D eigenvalue weighted by atomic mass is 32.2. The zero-order valence-electron chi connectivity index (χ0n) is 11.3. The van der Waals surface area contributed by atoms with Crippen molar-refractivity contribution in [2.75, 3.05) is 12.8 Å². The van der Waals surface area contributed by atoms with E-state index in [1.807, 2.05) is 32.2 Å². The van der Waals surface area contributed by atoms with Gasteiger partial charge in [0.1, 0.15) is 0 Å². The summed E-state index contributed by atoms with van der Waals surface area (Å²) in [7, 11) is 0. The van der Waals surface area contributed by atoms with Crippen molar-refractivity contribution >= 4 is 17.7 Å². The summed E-state index contributed by atoms with van der Waals surface area (Å²) in [6.07, 6.45) is 2.75. The molecular weight excluding hydrogens is 244 g/mol. The third kappa shape index (κ3) is 4.35. The second-order valence-corrected chi connectivity index (χ2v) is 5.83. The average molecular weight is 266 g/mol. The smallest absolute Gasteiger partial charge is 0.225 e. The zero-order chi connectivity index (χ0) is 13.6. The fraction of sp³-hybridized carbons (Fsp3) is 0.500. The molecule has 3 nitrogen and oxygen atoms in total. The number of thioether (sulfide) groups is 1. The van der Waals surface area contributed by atoms with Gasteiger partial charge >= 0.3 is 0 Å². The lowest BCUT2D eigenvalue weighted by Gasteiger charge is -2.22. The van der Waals surface area contributed by atoms with Gasteiger partial charge in [-0.15, -0.1) is 11.8 Å². The normalized spacial score (nSPS) is 11.3. The van der Waals surface area contributed by atoms with Crippen molar-refractivity contribution in [3.8, 4) is 0 Å². The first kappa shape index (κ1) is 15.1. The van der Waals surface area contributed by atoms with Crippen LogP contribution < -0.4 is 11.1 Å². The summed E-state index contributed by atoms with van der Waals surface area (Å²) in [5.41, 5.74) is 6.23. The van der Waals surface area contributed by atoms with E-state index in [1.54, 1.807) is 11.8 Å². The summed E-state index contributed by atoms with van der Waals surface area (Å²) < 4.78 is 0. The molecule has 3 N–H and O–H groups in total. The predicted octanol–water partition coefficient (Wildman–Crippen LogP) is 2.40. The Labute approximate surface area is 114 Å². The molecule has 4 heteroatoms. The van der Waals surface area contributed by atoms with E-state index < -0.39 is 5.41 Å². The van der Waals surface area contributed by atoms with Gasteiger partial charge in [-0.1, -0.05) is 26.0 Å². The second-order valence-electron chi connectivity index (χ2n) is 4.95. The van der Waals surface area contributed by atoms with Crippen LogP contribution >= 0.6 is 11.8 Å². The molecule has 0 aliphatic carbocycles. The van der Waals surface area contributed by atoms with Crippen LogP contribution in [0.4, 0.5) is 0 Å². The minimum atomic E-state index is -0.395. The first-order valence-electron chi connectivity index (χ1n) is 6.11. The molecule has 0 saturated heterocycles. The molecule has 0 aliphatic heterocycles. The molecule has 0 fully saturated rings. The van der Waals surface area contributed by atoms with Gasteiger partial charge in [-0.05, 0) is 36.9 Å². The molecule has 1 aromatic carbocycles. The van der Waals surface area contributed by atoms with Crippen molar-refractivity contribution in [3.05, 3.63) is 29.8 Å². The summed E-state index contributed by atoms with van der Waals surface area (Å²) in [6, 6.07) is 8.22. The van der Waals surface area contributed by atoms with Gasteiger partial charge in [0.15, 0.2) is 0 Å². The maximum absolute atomic E-state index is 12.0. The molecule has 1 rings (SSSR count). The lowest BCUT2D eigenvalue weighted by atomic mass is 9.88. The third-order valence-corrected chi connectivity index (χ3v) is 3.74. The van der Waals surface area contributed by atoms with Gasteiger partial charge in [-0.2, -0.15) is 0 Å². The number of carbonyl (C=O) groups excluding carboxylic acids is 1. The molecule has 0 heterocycles. The van der Waals surface area contributed by atoms with Crippen LogP contribution in [0.15, 0.2) is 29.2 Å². The Morgan fingerprint density at radius 1 is 1.33 bits per heavy atom. The Hall–Kier alpha value is -1.00. The number of hydrogen-bond acceptors (Lipinski definition) is 3. The minimum absolute atomic E-state index is 0.0573. The standard InChI is InChI=1S/C14H22N2OS/c1-14(2,8-9-15)13(17)16-10-11-4-6-12(18-3)7-5-11/h4-7H,8-10,15H2,1-3H3,(H,16,17). The van der Waals surface area contributed by atoms with Gasteiger partial charge in [0.25, 0.3) is 0 Å². The van der Waals surface area contributed by atoms with Gasteiger partial charge in [0.2, 0.25) is 5.91 Å². The Morgan fingerprint density at radius 2 is 1.94 bits per heavy atom. The van der Waals surface area contributed by atoms with Crippen LogP contribution in [0.5, 0.6) is 0 Å². The van der Waals surface area contributed by atoms with Crippen LogP contribution in [-0.2, 0) is 11.3 Å². The van der Waals surface area contributed by atoms with Crippen LogP contribution in [0.1, 0.15) is 25.8 Å². The monoisotopic (exact) mass is 266 g/mol. The van der Waals surface area contributed by atoms with Gasteiger partial charge in [-0.3, -0.25) is 4.79 Å². The molecular formula is C14H22N2OS. The van der Waals surface area contributed by atoms with E-state index >= 15 is 0 Å². The van der Waals surface area contributed by atoms with Crippen molar-refractivity contribution in [1.29, 1.82) is 0 Å². The summed E-state index contributed by atoms with van der Waals surface area (Å²) in [6.45, 7) is 4.95. The minimum Gasteiger partial charge on any atom is -0.352 e. The SMILES string of the molecule is CSc1ccc(CNC(=O)C(C)(C)CCN)cc1. The highest BCUT2D eigenvalue weighted by Gasteiger charge is 2.25. The van der Waals surface area contributed by atoms with Crippen LogP contribution in [0.3, 0.4) is 0 Å². The molecule has 0 radical (unpaired) electrons. The van der Waals surface area contributed by atoms with Crippen molar-refractivity contribution in [2.45, 2.75) is 31.7 Å². The van der Waals surface area contributed by atoms with E-state index in [-0.39, 0.29) is 5.91 Å². The second kappa shape index (κ2) is 6.81. The van der Waals surface area contributed by atoms with E-state index in [2.05, 4.69) is 17.4 Å². The maximum atomic E-state index is 12.0. The fourth-order valence-corrected chi connectivity index (χ4v) is 2.05. The van der Waals surface area contributed by atoms with Crippen molar-refractivity contribution < 1.29 is 4.79 Å². The quantitative estimate of drug-likeness (QED) is 0.777. The molecule has 0 aromatic heterocycles. The van der Waals surface area contributed by atoms with Crippen molar-refractivity contribution in [2.24, 2.45) is 11.1 Å². The number of hydrogen-bond donors (Lipinski definition) is 2. The molecule has 100 valence electrons. The summed E-state index contributed by atoms with van der Waals surface area (Å²) in [5.74, 6) is 0.0573. The molecule has 0 bridgehead atoms. The number of amides is 1. The molecule has 18 heavy (non-hydrogen) atoms. The Kier molecular flexibility index (Phi) is 5.69. The van der Waals surface area contributed by atoms with Gasteiger partial charge < -0.3 is 11.1 Å². The molecule has 0 unspecified atom stereocenters. The summed E-state index contributed by atoms with van der Waals surface area (Å²) in [4.78, 5) is 13.2. The first-order valence-corrected chi connectivity index (χ1v) is 7.33. The Bertz CT molecular complexity index is 387. The van der Waals surface area contributed by atoms with Gasteiger partial charge in [-0.25, -0.2) is 0 Å². The predicted molar refractivity (Wildman–Crippen MR) is 77.5 cm³/mol. The molecule has 0 aliphatic rings. The topological polar surface area (TPSA) is 55.1 Å². The lowest BCUT2D eigenvalue weighted by molar-refractivity contribution is -0.129. The van der Waals surface area contributed by atoms with E-state index in [0.29, 0.717) is 19.5 Å². The molecule has 0 atom stereocenters. The molecule has 1 amide bonds. The Morgan fingerprint density at radius 3 is 2.44 bits per heavy atom. The molecule has 0 saturated carbocycles. The number of rotatable bonds is 6. The summed E-state index contributed by atoms with van der Waals surface area (Å²) >= 11 is 1.71. The van der Waals surface area contributed by atoms with E-state index in [4.69, 9.17) is 5.73 Å². The third-order valence-electron chi connectivity index (χ3n) is 3.00. The fourth-order valence-electron chi connectivity index (χ4n) is 1.64. The Balaban J connectivity index is 2.51. The lowest BCUT2D eigenvalue weighted by Crippen LogP contribution is -2.37. The number of carbonyl (C=O) groups is 1. The van der Waals surface area contributed by atoms with Crippen molar-refractivity contribution in [3.63, 3.8) is 0 Å². The number of benzene rings is 1. The number of nitrogens with one attached hydrogen (secondary N) is 1. The van der Waals surface area contributed by atoms with Gasteiger partial charge in [0, 0.05) is 16.9 Å². The highest BCUT2D eigenvalue weighted by molar-refractivity contribution is 7.98. The summed E-state index contributed by atoms with van der Waals surface area (Å²) in [5, 5.41) is 2.96. The first-order chi connectivity index (χ1) is 8.49. The highest BCUT2D eigenvalue weighted by Crippen LogP contribution is 2.20. The number of nitrogens with two attached hydrogens (primary N) is 1. The average Bonchev–Trinajstić information content (AvgIpc) is 2.36. The molecule has 0 spiro atoms. The van der Waals surface area contributed by atoms with Crippen LogP contribution in [0.25, 0.3) is 0 Å². The molecule has 1 aromatic rings. The van der Waals surface area contributed by atoms with E-state index in [0.717, 1.165) is 5.56 Å². The van der Waals surface area contributed by atoms with E-state index in [9.17, 15) is 4.79 Å². The zero-order valence-corrected chi connectivity index (χ0v) is 12.1. The van der Waals surface area contributed by atoms with Crippen LogP contribution in [-0.4, -0.2) is 18.7 Å².